The molecule has 1 aliphatic heterocycles. The van der Waals surface area contributed by atoms with Gasteiger partial charge in [0.15, 0.2) is 6.10 Å². The maximum Gasteiger partial charge on any atom is 0.315 e. The molecule has 1 heterocycles. The Bertz CT molecular complexity index is 1570. The molecule has 284 valence electrons. The summed E-state index contributed by atoms with van der Waals surface area (Å²) in [6, 6.07) is 16.1. The number of carbonyl (C=O) groups is 4. The number of aliphatic hydroxyl groups excluding tert-OH is 1. The van der Waals surface area contributed by atoms with Crippen molar-refractivity contribution in [1.82, 2.24) is 20.9 Å². The van der Waals surface area contributed by atoms with E-state index in [2.05, 4.69) is 29.8 Å². The van der Waals surface area contributed by atoms with E-state index in [0.717, 1.165) is 24.0 Å². The Kier molecular flexibility index (Phi) is 11.7. The first-order chi connectivity index (χ1) is 24.4. The van der Waals surface area contributed by atoms with Gasteiger partial charge in [-0.15, -0.1) is 0 Å². The van der Waals surface area contributed by atoms with E-state index in [4.69, 9.17) is 15.2 Å². The number of likely N-dealkylation sites (tertiary alicyclic amines) is 1. The van der Waals surface area contributed by atoms with E-state index in [9.17, 15) is 24.3 Å². The van der Waals surface area contributed by atoms with Gasteiger partial charge < -0.3 is 41.2 Å². The van der Waals surface area contributed by atoms with Gasteiger partial charge in [-0.1, -0.05) is 108 Å². The number of aliphatic hydroxyl groups is 1. The van der Waals surface area contributed by atoms with Gasteiger partial charge in [0, 0.05) is 6.54 Å². The number of rotatable bonds is 16. The van der Waals surface area contributed by atoms with E-state index >= 15 is 0 Å². The zero-order valence-electron chi connectivity index (χ0n) is 31.6. The number of nitrogens with one attached hydrogen (secondary N) is 3. The SMILES string of the molecule is CC(C)(NC(=O)N[C@H](C(=O)N1CC2C([C@H]1C(=O)NC(CC1CC1)C(O)C(N)=O)C2(C)C)C(C)(C)C)C(OCOCc1ccccc1)c1ccccc1. The lowest BCUT2D eigenvalue weighted by Crippen LogP contribution is -2.63. The topological polar surface area (TPSA) is 172 Å². The van der Waals surface area contributed by atoms with Gasteiger partial charge in [-0.3, -0.25) is 14.4 Å². The van der Waals surface area contributed by atoms with E-state index in [-0.39, 0.29) is 30.0 Å². The number of hydrogen-bond donors (Lipinski definition) is 5. The van der Waals surface area contributed by atoms with Crippen LogP contribution in [0.4, 0.5) is 4.79 Å². The maximum atomic E-state index is 14.5. The molecule has 3 fully saturated rings. The first kappa shape index (κ1) is 39.2. The molecule has 2 aliphatic carbocycles. The Morgan fingerprint density at radius 2 is 1.58 bits per heavy atom. The predicted molar refractivity (Wildman–Crippen MR) is 196 cm³/mol. The summed E-state index contributed by atoms with van der Waals surface area (Å²) in [6.07, 6.45) is 0.222. The standard InChI is InChI=1S/C40H57N5O7/c1-38(2,3)32(36(49)45-21-27-29(39(27,4)5)30(45)35(48)42-28(20-24-18-19-24)31(46)34(41)47)43-37(50)44-40(6,7)33(26-16-12-9-13-17-26)52-23-51-22-25-14-10-8-11-15-25/h8-17,24,27-33,46H,18-23H2,1-7H3,(H2,41,47)(H,42,48)(H2,43,44,50)/t27?,28?,29?,30-,31?,32+,33?/m0/s1. The minimum Gasteiger partial charge on any atom is -0.381 e. The number of piperidine rings is 1. The molecule has 3 aliphatic rings. The minimum absolute atomic E-state index is 0.0145. The molecule has 2 saturated carbocycles. The number of nitrogens with two attached hydrogens (primary N) is 1. The van der Waals surface area contributed by atoms with Crippen molar-refractivity contribution in [2.45, 2.75) is 110 Å². The lowest BCUT2D eigenvalue weighted by Gasteiger charge is -2.39. The molecular weight excluding hydrogens is 662 g/mol. The highest BCUT2D eigenvalue weighted by Crippen LogP contribution is 2.65. The molecule has 12 nitrogen and oxygen atoms in total. The summed E-state index contributed by atoms with van der Waals surface area (Å²) in [7, 11) is 0. The molecule has 7 atom stereocenters. The molecule has 0 spiro atoms. The highest BCUT2D eigenvalue weighted by atomic mass is 16.7. The highest BCUT2D eigenvalue weighted by Gasteiger charge is 2.70. The quantitative estimate of drug-likeness (QED) is 0.129. The summed E-state index contributed by atoms with van der Waals surface area (Å²) < 4.78 is 12.1. The van der Waals surface area contributed by atoms with E-state index in [0.29, 0.717) is 25.5 Å². The third-order valence-electron chi connectivity index (χ3n) is 11.1. The van der Waals surface area contributed by atoms with Crippen LogP contribution < -0.4 is 21.7 Å². The molecule has 2 aromatic rings. The van der Waals surface area contributed by atoms with E-state index in [1.165, 1.54) is 0 Å². The zero-order chi connectivity index (χ0) is 38.0. The molecule has 0 bridgehead atoms. The normalized spacial score (nSPS) is 23.1. The van der Waals surface area contributed by atoms with Gasteiger partial charge in [0.2, 0.25) is 17.7 Å². The Hall–Kier alpha value is -4.00. The number of primary amides is 1. The zero-order valence-corrected chi connectivity index (χ0v) is 31.6. The van der Waals surface area contributed by atoms with Crippen molar-refractivity contribution in [3.05, 3.63) is 71.8 Å². The first-order valence-electron chi connectivity index (χ1n) is 18.4. The number of urea groups is 1. The number of carbonyl (C=O) groups excluding carboxylic acids is 4. The molecule has 12 heteroatoms. The number of nitrogens with zero attached hydrogens (tertiary/aromatic N) is 1. The first-order valence-corrected chi connectivity index (χ1v) is 18.4. The van der Waals surface area contributed by atoms with Crippen LogP contribution in [0.5, 0.6) is 0 Å². The van der Waals surface area contributed by atoms with Crippen molar-refractivity contribution in [3.8, 4) is 0 Å². The molecule has 5 rings (SSSR count). The van der Waals surface area contributed by atoms with Crippen LogP contribution in [0.3, 0.4) is 0 Å². The molecule has 2 aromatic carbocycles. The third-order valence-corrected chi connectivity index (χ3v) is 11.1. The van der Waals surface area contributed by atoms with Crippen LogP contribution in [0.2, 0.25) is 0 Å². The number of ether oxygens (including phenoxy) is 2. The second kappa shape index (κ2) is 15.5. The average molecular weight is 720 g/mol. The summed E-state index contributed by atoms with van der Waals surface area (Å²) >= 11 is 0. The monoisotopic (exact) mass is 719 g/mol. The van der Waals surface area contributed by atoms with E-state index < -0.39 is 59.1 Å². The van der Waals surface area contributed by atoms with Gasteiger partial charge in [0.25, 0.3) is 0 Å². The van der Waals surface area contributed by atoms with Crippen molar-refractivity contribution in [3.63, 3.8) is 0 Å². The lowest BCUT2D eigenvalue weighted by atomic mass is 9.85. The fraction of sp³-hybridized carbons (Fsp3) is 0.600. The lowest BCUT2D eigenvalue weighted by molar-refractivity contribution is -0.144. The third kappa shape index (κ3) is 9.13. The molecule has 1 saturated heterocycles. The van der Waals surface area contributed by atoms with Gasteiger partial charge in [0.05, 0.1) is 18.2 Å². The van der Waals surface area contributed by atoms with Crippen LogP contribution in [0.15, 0.2) is 60.7 Å². The molecule has 5 unspecified atom stereocenters. The van der Waals surface area contributed by atoms with Crippen LogP contribution in [-0.2, 0) is 30.5 Å². The molecular formula is C40H57N5O7. The van der Waals surface area contributed by atoms with Gasteiger partial charge in [-0.05, 0) is 60.0 Å². The second-order valence-corrected chi connectivity index (χ2v) is 17.1. The van der Waals surface area contributed by atoms with Crippen molar-refractivity contribution in [2.75, 3.05) is 13.3 Å². The number of amides is 5. The molecule has 0 aromatic heterocycles. The summed E-state index contributed by atoms with van der Waals surface area (Å²) in [4.78, 5) is 55.8. The fourth-order valence-electron chi connectivity index (χ4n) is 7.80. The minimum atomic E-state index is -1.53. The summed E-state index contributed by atoms with van der Waals surface area (Å²) in [6.45, 7) is 14.2. The largest absolute Gasteiger partial charge is 0.381 e. The highest BCUT2D eigenvalue weighted by molar-refractivity contribution is 5.94. The molecule has 5 amide bonds. The van der Waals surface area contributed by atoms with Crippen LogP contribution in [0.1, 0.15) is 85.0 Å². The van der Waals surface area contributed by atoms with E-state index in [1.807, 2.05) is 95.3 Å². The van der Waals surface area contributed by atoms with Crippen LogP contribution in [0.25, 0.3) is 0 Å². The van der Waals surface area contributed by atoms with Gasteiger partial charge in [-0.25, -0.2) is 4.79 Å². The number of hydrogen-bond acceptors (Lipinski definition) is 7. The fourth-order valence-corrected chi connectivity index (χ4v) is 7.80. The summed E-state index contributed by atoms with van der Waals surface area (Å²) in [5.74, 6) is -1.41. The predicted octanol–water partition coefficient (Wildman–Crippen LogP) is 4.03. The van der Waals surface area contributed by atoms with Crippen LogP contribution in [0, 0.1) is 28.6 Å². The van der Waals surface area contributed by atoms with Crippen molar-refractivity contribution in [2.24, 2.45) is 34.3 Å². The van der Waals surface area contributed by atoms with Crippen molar-refractivity contribution >= 4 is 23.8 Å². The van der Waals surface area contributed by atoms with Crippen molar-refractivity contribution in [1.29, 1.82) is 0 Å². The average Bonchev–Trinajstić information content (AvgIpc) is 3.93. The Balaban J connectivity index is 1.29. The van der Waals surface area contributed by atoms with Gasteiger partial charge in [-0.2, -0.15) is 0 Å². The maximum absolute atomic E-state index is 14.5. The number of fused-ring (bicyclic) bond motifs is 1. The second-order valence-electron chi connectivity index (χ2n) is 17.1. The van der Waals surface area contributed by atoms with Crippen LogP contribution in [-0.4, -0.2) is 76.9 Å². The number of benzene rings is 2. The van der Waals surface area contributed by atoms with E-state index in [1.54, 1.807) is 4.90 Å². The summed E-state index contributed by atoms with van der Waals surface area (Å²) in [5.41, 5.74) is 5.44. The summed E-state index contributed by atoms with van der Waals surface area (Å²) in [5, 5.41) is 19.5. The van der Waals surface area contributed by atoms with Crippen molar-refractivity contribution < 1.29 is 33.8 Å². The van der Waals surface area contributed by atoms with Gasteiger partial charge in [0.1, 0.15) is 25.0 Å². The van der Waals surface area contributed by atoms with Crippen LogP contribution >= 0.6 is 0 Å². The smallest absolute Gasteiger partial charge is 0.315 e. The van der Waals surface area contributed by atoms with Gasteiger partial charge >= 0.3 is 6.03 Å². The Morgan fingerprint density at radius 3 is 2.15 bits per heavy atom. The molecule has 52 heavy (non-hydrogen) atoms. The Labute approximate surface area is 307 Å². The Morgan fingerprint density at radius 1 is 0.962 bits per heavy atom. The molecule has 6 N–H and O–H groups in total. The molecule has 0 radical (unpaired) electrons.